The molecule has 0 saturated carbocycles. The fourth-order valence-corrected chi connectivity index (χ4v) is 4.12. The smallest absolute Gasteiger partial charge is 0.339 e. The highest BCUT2D eigenvalue weighted by atomic mass is 32.2. The summed E-state index contributed by atoms with van der Waals surface area (Å²) in [5.74, 6) is -0.319. The second kappa shape index (κ2) is 10.8. The first-order valence-corrected chi connectivity index (χ1v) is 10.6. The molecule has 1 amide bonds. The van der Waals surface area contributed by atoms with E-state index in [0.717, 1.165) is 30.1 Å². The number of esters is 1. The van der Waals surface area contributed by atoms with Crippen molar-refractivity contribution in [2.45, 2.75) is 23.8 Å². The molecule has 1 N–H and O–H groups in total. The molecule has 10 heteroatoms. The Kier molecular flexibility index (Phi) is 7.85. The SMILES string of the molecule is COc1ccc(NC(=O)COC(=O)c2ccccc2SCC2CCCO2)c([N+](=O)[O-])c1. The van der Waals surface area contributed by atoms with Gasteiger partial charge in [0.15, 0.2) is 6.61 Å². The highest BCUT2D eigenvalue weighted by molar-refractivity contribution is 7.99. The lowest BCUT2D eigenvalue weighted by Crippen LogP contribution is -2.21. The van der Waals surface area contributed by atoms with Gasteiger partial charge in [-0.05, 0) is 37.1 Å². The highest BCUT2D eigenvalue weighted by Gasteiger charge is 2.20. The Morgan fingerprint density at radius 1 is 1.29 bits per heavy atom. The van der Waals surface area contributed by atoms with E-state index in [1.807, 2.05) is 12.1 Å². The van der Waals surface area contributed by atoms with Gasteiger partial charge in [0.05, 0.1) is 29.8 Å². The molecule has 1 atom stereocenters. The molecule has 1 unspecified atom stereocenters. The lowest BCUT2D eigenvalue weighted by molar-refractivity contribution is -0.384. The van der Waals surface area contributed by atoms with Crippen LogP contribution in [0.3, 0.4) is 0 Å². The summed E-state index contributed by atoms with van der Waals surface area (Å²) in [6.07, 6.45) is 2.20. The van der Waals surface area contributed by atoms with E-state index in [0.29, 0.717) is 5.56 Å². The number of anilines is 1. The van der Waals surface area contributed by atoms with Crippen LogP contribution in [0, 0.1) is 10.1 Å². The van der Waals surface area contributed by atoms with Crippen LogP contribution in [-0.2, 0) is 14.3 Å². The molecule has 3 rings (SSSR count). The van der Waals surface area contributed by atoms with Crippen molar-refractivity contribution in [3.05, 3.63) is 58.1 Å². The molecule has 164 valence electrons. The Balaban J connectivity index is 1.58. The number of carbonyl (C=O) groups excluding carboxylic acids is 2. The number of nitrogens with one attached hydrogen (secondary N) is 1. The van der Waals surface area contributed by atoms with Gasteiger partial charge in [-0.25, -0.2) is 4.79 Å². The molecule has 1 aliphatic rings. The molecule has 1 aliphatic heterocycles. The van der Waals surface area contributed by atoms with Crippen molar-refractivity contribution in [3.8, 4) is 5.75 Å². The minimum Gasteiger partial charge on any atom is -0.496 e. The number of thioether (sulfide) groups is 1. The summed E-state index contributed by atoms with van der Waals surface area (Å²) in [5, 5.41) is 13.6. The third-order valence-corrected chi connectivity index (χ3v) is 5.77. The Morgan fingerprint density at radius 3 is 2.81 bits per heavy atom. The molecule has 0 aliphatic carbocycles. The van der Waals surface area contributed by atoms with Crippen LogP contribution in [0.1, 0.15) is 23.2 Å². The Labute approximate surface area is 183 Å². The van der Waals surface area contributed by atoms with Gasteiger partial charge in [0.1, 0.15) is 11.4 Å². The molecule has 2 aromatic carbocycles. The molecule has 31 heavy (non-hydrogen) atoms. The summed E-state index contributed by atoms with van der Waals surface area (Å²) in [6, 6.07) is 11.0. The summed E-state index contributed by atoms with van der Waals surface area (Å²) in [7, 11) is 1.38. The van der Waals surface area contributed by atoms with E-state index in [-0.39, 0.29) is 23.2 Å². The van der Waals surface area contributed by atoms with Gasteiger partial charge in [-0.2, -0.15) is 0 Å². The van der Waals surface area contributed by atoms with E-state index < -0.39 is 23.4 Å². The number of nitrogens with zero attached hydrogens (tertiary/aromatic N) is 1. The van der Waals surface area contributed by atoms with Gasteiger partial charge >= 0.3 is 5.97 Å². The summed E-state index contributed by atoms with van der Waals surface area (Å²) in [4.78, 5) is 36.0. The van der Waals surface area contributed by atoms with Crippen LogP contribution in [0.15, 0.2) is 47.4 Å². The van der Waals surface area contributed by atoms with Crippen LogP contribution < -0.4 is 10.1 Å². The molecule has 0 radical (unpaired) electrons. The van der Waals surface area contributed by atoms with Crippen LogP contribution in [0.25, 0.3) is 0 Å². The average molecular weight is 446 g/mol. The minimum absolute atomic E-state index is 0.0145. The number of hydrogen-bond donors (Lipinski definition) is 1. The quantitative estimate of drug-likeness (QED) is 0.268. The number of benzene rings is 2. The number of rotatable bonds is 9. The number of nitro groups is 1. The number of ether oxygens (including phenoxy) is 3. The molecular weight excluding hydrogens is 424 g/mol. The number of nitro benzene ring substituents is 1. The fraction of sp³-hybridized carbons (Fsp3) is 0.333. The zero-order valence-corrected chi connectivity index (χ0v) is 17.7. The van der Waals surface area contributed by atoms with E-state index in [1.54, 1.807) is 12.1 Å². The molecule has 0 aromatic heterocycles. The molecule has 0 spiro atoms. The molecular formula is C21H22N2O7S. The second-order valence-electron chi connectivity index (χ2n) is 6.71. The molecule has 1 saturated heterocycles. The first-order chi connectivity index (χ1) is 15.0. The molecule has 2 aromatic rings. The van der Waals surface area contributed by atoms with Crippen LogP contribution in [0.2, 0.25) is 0 Å². The van der Waals surface area contributed by atoms with Crippen LogP contribution >= 0.6 is 11.8 Å². The van der Waals surface area contributed by atoms with Crippen molar-refractivity contribution in [2.24, 2.45) is 0 Å². The fourth-order valence-electron chi connectivity index (χ4n) is 3.01. The zero-order valence-electron chi connectivity index (χ0n) is 16.9. The maximum Gasteiger partial charge on any atom is 0.339 e. The van der Waals surface area contributed by atoms with E-state index in [4.69, 9.17) is 14.2 Å². The van der Waals surface area contributed by atoms with Gasteiger partial charge in [-0.3, -0.25) is 14.9 Å². The predicted molar refractivity (Wildman–Crippen MR) is 115 cm³/mol. The summed E-state index contributed by atoms with van der Waals surface area (Å²) < 4.78 is 15.7. The van der Waals surface area contributed by atoms with Crippen LogP contribution in [0.4, 0.5) is 11.4 Å². The number of hydrogen-bond acceptors (Lipinski definition) is 8. The van der Waals surface area contributed by atoms with Crippen molar-refractivity contribution in [1.82, 2.24) is 0 Å². The second-order valence-corrected chi connectivity index (χ2v) is 7.77. The first kappa shape index (κ1) is 22.6. The van der Waals surface area contributed by atoms with Gasteiger partial charge in [-0.1, -0.05) is 12.1 Å². The Bertz CT molecular complexity index is 960. The van der Waals surface area contributed by atoms with Crippen molar-refractivity contribution in [2.75, 3.05) is 31.4 Å². The molecule has 0 bridgehead atoms. The Hall–Kier alpha value is -3.11. The molecule has 9 nitrogen and oxygen atoms in total. The van der Waals surface area contributed by atoms with E-state index in [1.165, 1.54) is 37.1 Å². The lowest BCUT2D eigenvalue weighted by atomic mass is 10.2. The zero-order chi connectivity index (χ0) is 22.2. The normalized spacial score (nSPS) is 15.3. The number of methoxy groups -OCH3 is 1. The third-order valence-electron chi connectivity index (χ3n) is 4.57. The lowest BCUT2D eigenvalue weighted by Gasteiger charge is -2.12. The maximum absolute atomic E-state index is 12.5. The predicted octanol–water partition coefficient (Wildman–Crippen LogP) is 3.67. The largest absolute Gasteiger partial charge is 0.496 e. The van der Waals surface area contributed by atoms with Crippen molar-refractivity contribution in [3.63, 3.8) is 0 Å². The summed E-state index contributed by atoms with van der Waals surface area (Å²) in [6.45, 7) is 0.184. The first-order valence-electron chi connectivity index (χ1n) is 9.60. The number of amides is 1. The Morgan fingerprint density at radius 2 is 2.10 bits per heavy atom. The summed E-state index contributed by atoms with van der Waals surface area (Å²) in [5.41, 5.74) is 0.0167. The maximum atomic E-state index is 12.5. The van der Waals surface area contributed by atoms with Gasteiger partial charge in [0.2, 0.25) is 0 Å². The monoisotopic (exact) mass is 446 g/mol. The minimum atomic E-state index is -0.689. The van der Waals surface area contributed by atoms with Gasteiger partial charge in [0, 0.05) is 17.3 Å². The van der Waals surface area contributed by atoms with Crippen molar-refractivity contribution >= 4 is 35.0 Å². The summed E-state index contributed by atoms with van der Waals surface area (Å²) >= 11 is 1.50. The van der Waals surface area contributed by atoms with Crippen molar-refractivity contribution < 1.29 is 28.7 Å². The third kappa shape index (κ3) is 6.19. The molecule has 1 fully saturated rings. The van der Waals surface area contributed by atoms with Gasteiger partial charge < -0.3 is 19.5 Å². The van der Waals surface area contributed by atoms with Crippen LogP contribution in [-0.4, -0.2) is 49.0 Å². The molecule has 1 heterocycles. The van der Waals surface area contributed by atoms with Gasteiger partial charge in [-0.15, -0.1) is 11.8 Å². The van der Waals surface area contributed by atoms with E-state index >= 15 is 0 Å². The van der Waals surface area contributed by atoms with E-state index in [2.05, 4.69) is 5.32 Å². The van der Waals surface area contributed by atoms with Crippen LogP contribution in [0.5, 0.6) is 5.75 Å². The topological polar surface area (TPSA) is 117 Å². The van der Waals surface area contributed by atoms with E-state index in [9.17, 15) is 19.7 Å². The number of carbonyl (C=O) groups is 2. The van der Waals surface area contributed by atoms with Gasteiger partial charge in [0.25, 0.3) is 11.6 Å². The highest BCUT2D eigenvalue weighted by Crippen LogP contribution is 2.29. The average Bonchev–Trinajstić information content (AvgIpc) is 3.30. The van der Waals surface area contributed by atoms with Crippen molar-refractivity contribution in [1.29, 1.82) is 0 Å². The standard InChI is InChI=1S/C21H22N2O7S/c1-28-14-8-9-17(18(11-14)23(26)27)22-20(24)12-30-21(25)16-6-2-3-7-19(16)31-13-15-5-4-10-29-15/h2-3,6-9,11,15H,4-5,10,12-13H2,1H3,(H,22,24).